The summed E-state index contributed by atoms with van der Waals surface area (Å²) in [5, 5.41) is 12.1. The standard InChI is InChI=1S/C17H14FN3/c1-10-3-2-4-13-14(10)9-15-16(13)20-21-17(15)19-12-7-5-11(18)6-8-12/h2-9,19-21H,1H3. The Kier molecular flexibility index (Phi) is 2.51. The van der Waals surface area contributed by atoms with Crippen molar-refractivity contribution in [2.45, 2.75) is 6.92 Å². The minimum absolute atomic E-state index is 0.238. The van der Waals surface area contributed by atoms with E-state index in [4.69, 9.17) is 0 Å². The van der Waals surface area contributed by atoms with Crippen LogP contribution in [0.25, 0.3) is 22.0 Å². The zero-order valence-corrected chi connectivity index (χ0v) is 11.5. The fourth-order valence-electron chi connectivity index (χ4n) is 2.75. The van der Waals surface area contributed by atoms with Crippen molar-refractivity contribution in [1.29, 1.82) is 0 Å². The molecule has 0 spiro atoms. The number of rotatable bonds is 2. The van der Waals surface area contributed by atoms with E-state index in [1.165, 1.54) is 28.5 Å². The van der Waals surface area contributed by atoms with Crippen LogP contribution in [0.2, 0.25) is 0 Å². The van der Waals surface area contributed by atoms with Gasteiger partial charge in [0.05, 0.1) is 5.69 Å². The molecular formula is C17H14FN3. The Balaban J connectivity index is 1.80. The molecule has 4 rings (SSSR count). The number of fused-ring (bicyclic) bond motifs is 3. The highest BCUT2D eigenvalue weighted by Gasteiger charge is 2.17. The van der Waals surface area contributed by atoms with E-state index in [0.29, 0.717) is 0 Å². The second-order valence-corrected chi connectivity index (χ2v) is 5.23. The van der Waals surface area contributed by atoms with Crippen LogP contribution in [0.4, 0.5) is 15.9 Å². The number of aromatic nitrogens is 2. The van der Waals surface area contributed by atoms with Gasteiger partial charge < -0.3 is 5.32 Å². The van der Waals surface area contributed by atoms with Crippen molar-refractivity contribution < 1.29 is 4.39 Å². The highest BCUT2D eigenvalue weighted by atomic mass is 19.1. The molecule has 1 heterocycles. The van der Waals surface area contributed by atoms with Gasteiger partial charge in [0.1, 0.15) is 11.6 Å². The van der Waals surface area contributed by atoms with Crippen molar-refractivity contribution in [3.05, 3.63) is 59.9 Å². The third kappa shape index (κ3) is 1.88. The molecule has 0 saturated carbocycles. The second kappa shape index (κ2) is 4.38. The predicted octanol–water partition coefficient (Wildman–Crippen LogP) is 4.79. The van der Waals surface area contributed by atoms with Crippen LogP contribution in [0.3, 0.4) is 0 Å². The lowest BCUT2D eigenvalue weighted by Crippen LogP contribution is -1.91. The van der Waals surface area contributed by atoms with Crippen molar-refractivity contribution in [2.24, 2.45) is 0 Å². The molecule has 1 aliphatic carbocycles. The Labute approximate surface area is 121 Å². The Bertz CT molecular complexity index is 886. The molecular weight excluding hydrogens is 265 g/mol. The Hall–Kier alpha value is -2.75. The van der Waals surface area contributed by atoms with Crippen LogP contribution in [0, 0.1) is 12.7 Å². The zero-order valence-electron chi connectivity index (χ0n) is 11.5. The van der Waals surface area contributed by atoms with E-state index in [1.54, 1.807) is 12.1 Å². The lowest BCUT2D eigenvalue weighted by atomic mass is 10.1. The molecule has 0 atom stereocenters. The van der Waals surface area contributed by atoms with E-state index in [9.17, 15) is 4.39 Å². The fraction of sp³-hybridized carbons (Fsp3) is 0.0588. The van der Waals surface area contributed by atoms with Gasteiger partial charge in [-0.25, -0.2) is 4.39 Å². The summed E-state index contributed by atoms with van der Waals surface area (Å²) in [6, 6.07) is 14.8. The molecule has 0 radical (unpaired) electrons. The highest BCUT2D eigenvalue weighted by Crippen LogP contribution is 2.39. The Morgan fingerprint density at radius 3 is 2.57 bits per heavy atom. The first-order valence-corrected chi connectivity index (χ1v) is 6.83. The van der Waals surface area contributed by atoms with Crippen molar-refractivity contribution in [3.63, 3.8) is 0 Å². The van der Waals surface area contributed by atoms with Crippen LogP contribution < -0.4 is 5.32 Å². The molecule has 0 bridgehead atoms. The van der Waals surface area contributed by atoms with Gasteiger partial charge in [-0.05, 0) is 48.2 Å². The molecule has 2 aliphatic rings. The largest absolute Gasteiger partial charge is 0.340 e. The molecule has 104 valence electrons. The van der Waals surface area contributed by atoms with Crippen LogP contribution in [0.1, 0.15) is 5.56 Å². The maximum atomic E-state index is 13.0. The summed E-state index contributed by atoms with van der Waals surface area (Å²) in [5.74, 6) is 0.644. The average molecular weight is 279 g/mol. The summed E-state index contributed by atoms with van der Waals surface area (Å²) in [6.07, 6.45) is 0. The first-order chi connectivity index (χ1) is 10.2. The molecule has 3 nitrogen and oxygen atoms in total. The lowest BCUT2D eigenvalue weighted by molar-refractivity contribution is 0.628. The minimum atomic E-state index is -0.238. The average Bonchev–Trinajstić information content (AvgIpc) is 3.03. The van der Waals surface area contributed by atoms with Crippen molar-refractivity contribution in [2.75, 3.05) is 5.32 Å². The maximum absolute atomic E-state index is 13.0. The number of hydrogen-bond donors (Lipinski definition) is 3. The zero-order chi connectivity index (χ0) is 14.4. The van der Waals surface area contributed by atoms with Gasteiger partial charge in [-0.3, -0.25) is 10.2 Å². The molecule has 0 fully saturated rings. The number of anilines is 2. The Morgan fingerprint density at radius 2 is 1.76 bits per heavy atom. The molecule has 0 amide bonds. The SMILES string of the molecule is Cc1cccc2c3[nH][nH]c(Nc4ccc(F)cc4)c-3cc12. The van der Waals surface area contributed by atoms with Gasteiger partial charge in [0, 0.05) is 16.6 Å². The summed E-state index contributed by atoms with van der Waals surface area (Å²) in [6.45, 7) is 2.11. The smallest absolute Gasteiger partial charge is 0.132 e. The normalized spacial score (nSPS) is 11.3. The van der Waals surface area contributed by atoms with E-state index in [0.717, 1.165) is 22.8 Å². The van der Waals surface area contributed by atoms with E-state index >= 15 is 0 Å². The summed E-state index contributed by atoms with van der Waals surface area (Å²) in [7, 11) is 0. The van der Waals surface area contributed by atoms with Crippen molar-refractivity contribution >= 4 is 22.3 Å². The first kappa shape index (κ1) is 12.0. The number of aryl methyl sites for hydroxylation is 1. The molecule has 4 heteroatoms. The van der Waals surface area contributed by atoms with Gasteiger partial charge in [-0.15, -0.1) is 0 Å². The summed E-state index contributed by atoms with van der Waals surface area (Å²) < 4.78 is 13.0. The van der Waals surface area contributed by atoms with E-state index in [1.807, 2.05) is 0 Å². The van der Waals surface area contributed by atoms with Gasteiger partial charge in [0.2, 0.25) is 0 Å². The topological polar surface area (TPSA) is 43.6 Å². The Morgan fingerprint density at radius 1 is 0.952 bits per heavy atom. The monoisotopic (exact) mass is 279 g/mol. The van der Waals surface area contributed by atoms with Gasteiger partial charge >= 0.3 is 0 Å². The number of nitrogens with one attached hydrogen (secondary N) is 3. The fourth-order valence-corrected chi connectivity index (χ4v) is 2.75. The van der Waals surface area contributed by atoms with Crippen LogP contribution in [-0.4, -0.2) is 10.2 Å². The first-order valence-electron chi connectivity index (χ1n) is 6.83. The molecule has 21 heavy (non-hydrogen) atoms. The summed E-state index contributed by atoms with van der Waals surface area (Å²) in [5.41, 5.74) is 4.28. The number of benzene rings is 2. The van der Waals surface area contributed by atoms with Gasteiger partial charge in [0.15, 0.2) is 0 Å². The van der Waals surface area contributed by atoms with Crippen molar-refractivity contribution in [3.8, 4) is 11.3 Å². The number of hydrogen-bond acceptors (Lipinski definition) is 1. The van der Waals surface area contributed by atoms with E-state index in [-0.39, 0.29) is 5.82 Å². The number of aromatic amines is 2. The molecule has 1 aliphatic heterocycles. The maximum Gasteiger partial charge on any atom is 0.132 e. The third-order valence-electron chi connectivity index (χ3n) is 3.85. The third-order valence-corrected chi connectivity index (χ3v) is 3.85. The van der Waals surface area contributed by atoms with Crippen LogP contribution >= 0.6 is 0 Å². The quantitative estimate of drug-likeness (QED) is 0.485. The predicted molar refractivity (Wildman–Crippen MR) is 83.7 cm³/mol. The molecule has 0 aromatic heterocycles. The van der Waals surface area contributed by atoms with Gasteiger partial charge in [-0.2, -0.15) is 0 Å². The lowest BCUT2D eigenvalue weighted by Gasteiger charge is -2.04. The van der Waals surface area contributed by atoms with Crippen molar-refractivity contribution in [1.82, 2.24) is 10.2 Å². The summed E-state index contributed by atoms with van der Waals surface area (Å²) in [4.78, 5) is 0. The highest BCUT2D eigenvalue weighted by molar-refractivity contribution is 6.05. The molecule has 0 unspecified atom stereocenters. The van der Waals surface area contributed by atoms with Crippen LogP contribution in [-0.2, 0) is 0 Å². The minimum Gasteiger partial charge on any atom is -0.340 e. The van der Waals surface area contributed by atoms with E-state index < -0.39 is 0 Å². The molecule has 2 aromatic rings. The molecule has 2 aromatic carbocycles. The van der Waals surface area contributed by atoms with Gasteiger partial charge in [-0.1, -0.05) is 18.2 Å². The number of halogens is 1. The number of H-pyrrole nitrogens is 2. The van der Waals surface area contributed by atoms with Gasteiger partial charge in [0.25, 0.3) is 0 Å². The molecule has 3 N–H and O–H groups in total. The van der Waals surface area contributed by atoms with Crippen LogP contribution in [0.5, 0.6) is 0 Å². The molecule has 0 saturated heterocycles. The second-order valence-electron chi connectivity index (χ2n) is 5.23. The van der Waals surface area contributed by atoms with E-state index in [2.05, 4.69) is 46.7 Å². The summed E-state index contributed by atoms with van der Waals surface area (Å²) >= 11 is 0. The van der Waals surface area contributed by atoms with Crippen LogP contribution in [0.15, 0.2) is 48.5 Å².